The minimum Gasteiger partial charge on any atom is -0.452 e. The monoisotopic (exact) mass is 612 g/mol. The van der Waals surface area contributed by atoms with Gasteiger partial charge in [0.1, 0.15) is 0 Å². The highest BCUT2D eigenvalue weighted by Crippen LogP contribution is 2.15. The third-order valence-corrected chi connectivity index (χ3v) is 8.24. The van der Waals surface area contributed by atoms with Gasteiger partial charge >= 0.3 is 5.97 Å². The summed E-state index contributed by atoms with van der Waals surface area (Å²) in [6.45, 7) is 5.28. The van der Waals surface area contributed by atoms with Crippen molar-refractivity contribution < 1.29 is 29.6 Å². The number of amides is 1. The zero-order chi connectivity index (χ0) is 32.0. The van der Waals surface area contributed by atoms with E-state index in [4.69, 9.17) is 4.74 Å². The number of ether oxygens (including phenoxy) is 1. The molecule has 0 rings (SSSR count). The fourth-order valence-corrected chi connectivity index (χ4v) is 5.44. The lowest BCUT2D eigenvalue weighted by molar-refractivity contribution is -0.155. The van der Waals surface area contributed by atoms with Crippen molar-refractivity contribution in [3.63, 3.8) is 0 Å². The zero-order valence-corrected chi connectivity index (χ0v) is 28.2. The highest BCUT2D eigenvalue weighted by atomic mass is 16.5. The van der Waals surface area contributed by atoms with E-state index in [1.165, 1.54) is 128 Å². The summed E-state index contributed by atoms with van der Waals surface area (Å²) in [5.74, 6) is -1.05. The number of esters is 1. The summed E-state index contributed by atoms with van der Waals surface area (Å²) in [7, 11) is 0. The fourth-order valence-electron chi connectivity index (χ4n) is 5.44. The van der Waals surface area contributed by atoms with Crippen LogP contribution in [0, 0.1) is 0 Å². The number of aliphatic hydroxyl groups is 3. The molecule has 0 aliphatic rings. The van der Waals surface area contributed by atoms with E-state index < -0.39 is 42.8 Å². The summed E-state index contributed by atoms with van der Waals surface area (Å²) in [5.41, 5.74) is 0. The van der Waals surface area contributed by atoms with Crippen LogP contribution in [0.25, 0.3) is 0 Å². The Morgan fingerprint density at radius 1 is 0.628 bits per heavy atom. The van der Waals surface area contributed by atoms with Gasteiger partial charge < -0.3 is 25.4 Å². The van der Waals surface area contributed by atoms with Crippen LogP contribution in [-0.2, 0) is 14.3 Å². The summed E-state index contributed by atoms with van der Waals surface area (Å²) < 4.78 is 5.26. The number of hydrogen-bond donors (Lipinski definition) is 4. The van der Waals surface area contributed by atoms with Gasteiger partial charge in [0.05, 0.1) is 24.9 Å². The second-order valence-electron chi connectivity index (χ2n) is 12.5. The van der Waals surface area contributed by atoms with E-state index in [0.717, 1.165) is 32.1 Å². The number of nitrogens with one attached hydrogen (secondary N) is 1. The first-order valence-corrected chi connectivity index (χ1v) is 18.0. The number of hydrogen-bond acceptors (Lipinski definition) is 6. The number of carbonyl (C=O) groups excluding carboxylic acids is 2. The van der Waals surface area contributed by atoms with Crippen molar-refractivity contribution in [2.45, 2.75) is 199 Å². The lowest BCUT2D eigenvalue weighted by Crippen LogP contribution is -2.49. The molecule has 0 aliphatic heterocycles. The van der Waals surface area contributed by atoms with Crippen LogP contribution in [0.4, 0.5) is 0 Å². The second-order valence-corrected chi connectivity index (χ2v) is 12.5. The Bertz CT molecular complexity index is 670. The van der Waals surface area contributed by atoms with E-state index in [-0.39, 0.29) is 0 Å². The van der Waals surface area contributed by atoms with Crippen LogP contribution in [0.2, 0.25) is 0 Å². The maximum absolute atomic E-state index is 12.9. The Kier molecular flexibility index (Phi) is 29.6. The molecule has 0 bridgehead atoms. The quantitative estimate of drug-likeness (QED) is 0.0358. The van der Waals surface area contributed by atoms with Gasteiger partial charge in [-0.15, -0.1) is 0 Å². The number of carbonyl (C=O) groups is 2. The predicted molar refractivity (Wildman–Crippen MR) is 178 cm³/mol. The Morgan fingerprint density at radius 2 is 1.02 bits per heavy atom. The van der Waals surface area contributed by atoms with Gasteiger partial charge in [0.2, 0.25) is 0 Å². The molecule has 0 saturated heterocycles. The van der Waals surface area contributed by atoms with Crippen molar-refractivity contribution in [3.8, 4) is 0 Å². The van der Waals surface area contributed by atoms with Crippen molar-refractivity contribution in [3.05, 3.63) is 12.2 Å². The number of aliphatic hydroxyl groups excluding tert-OH is 3. The number of rotatable bonds is 31. The van der Waals surface area contributed by atoms with Gasteiger partial charge in [0.15, 0.2) is 6.10 Å². The molecule has 4 atom stereocenters. The van der Waals surface area contributed by atoms with Crippen LogP contribution in [0.15, 0.2) is 12.2 Å². The standard InChI is InChI=1S/C36H69NO6/c1-4-6-8-10-12-14-16-17-19-21-23-25-27-35(43-31(3)39)36(42)37-33(30-38)34(41)29-28-32(40)26-24-22-20-18-15-13-11-9-7-5-2/h28-29,32-35,38,40-41H,4-27,30H2,1-3H3,(H,37,42)/t32-,33+,34-,35-/m1/s1. The van der Waals surface area contributed by atoms with Crippen LogP contribution >= 0.6 is 0 Å². The molecular formula is C36H69NO6. The fraction of sp³-hybridized carbons (Fsp3) is 0.889. The van der Waals surface area contributed by atoms with Crippen LogP contribution in [-0.4, -0.2) is 58.2 Å². The van der Waals surface area contributed by atoms with Gasteiger partial charge in [0.25, 0.3) is 5.91 Å². The van der Waals surface area contributed by atoms with E-state index in [0.29, 0.717) is 12.8 Å². The third kappa shape index (κ3) is 26.7. The molecular weight excluding hydrogens is 542 g/mol. The Labute approximate surface area is 264 Å². The van der Waals surface area contributed by atoms with Crippen molar-refractivity contribution in [2.75, 3.05) is 6.61 Å². The summed E-state index contributed by atoms with van der Waals surface area (Å²) in [6.07, 6.45) is 27.9. The highest BCUT2D eigenvalue weighted by Gasteiger charge is 2.26. The molecule has 4 N–H and O–H groups in total. The van der Waals surface area contributed by atoms with E-state index in [1.54, 1.807) is 0 Å². The molecule has 7 heteroatoms. The molecule has 0 aromatic rings. The average molecular weight is 612 g/mol. The molecule has 0 heterocycles. The molecule has 0 radical (unpaired) electrons. The molecule has 1 amide bonds. The van der Waals surface area contributed by atoms with Gasteiger partial charge in [-0.3, -0.25) is 9.59 Å². The van der Waals surface area contributed by atoms with Gasteiger partial charge in [-0.2, -0.15) is 0 Å². The maximum Gasteiger partial charge on any atom is 0.303 e. The second kappa shape index (κ2) is 30.6. The summed E-state index contributed by atoms with van der Waals surface area (Å²) in [5, 5.41) is 33.2. The van der Waals surface area contributed by atoms with Crippen LogP contribution in [0.5, 0.6) is 0 Å². The molecule has 0 spiro atoms. The van der Waals surface area contributed by atoms with Crippen molar-refractivity contribution in [2.24, 2.45) is 0 Å². The molecule has 254 valence electrons. The van der Waals surface area contributed by atoms with E-state index >= 15 is 0 Å². The Morgan fingerprint density at radius 3 is 1.42 bits per heavy atom. The first-order chi connectivity index (χ1) is 20.8. The normalized spacial score (nSPS) is 14.5. The summed E-state index contributed by atoms with van der Waals surface area (Å²) in [4.78, 5) is 24.5. The first kappa shape index (κ1) is 41.6. The molecule has 43 heavy (non-hydrogen) atoms. The molecule has 0 aliphatic carbocycles. The van der Waals surface area contributed by atoms with Crippen molar-refractivity contribution in [1.82, 2.24) is 5.32 Å². The lowest BCUT2D eigenvalue weighted by Gasteiger charge is -2.23. The average Bonchev–Trinajstić information content (AvgIpc) is 2.99. The highest BCUT2D eigenvalue weighted by molar-refractivity contribution is 5.83. The molecule has 7 nitrogen and oxygen atoms in total. The van der Waals surface area contributed by atoms with Crippen molar-refractivity contribution in [1.29, 1.82) is 0 Å². The first-order valence-electron chi connectivity index (χ1n) is 18.0. The third-order valence-electron chi connectivity index (χ3n) is 8.24. The van der Waals surface area contributed by atoms with Crippen LogP contribution in [0.3, 0.4) is 0 Å². The lowest BCUT2D eigenvalue weighted by atomic mass is 10.0. The summed E-state index contributed by atoms with van der Waals surface area (Å²) in [6, 6.07) is -0.951. The van der Waals surface area contributed by atoms with Crippen LogP contribution < -0.4 is 5.32 Å². The van der Waals surface area contributed by atoms with E-state index in [2.05, 4.69) is 19.2 Å². The molecule has 0 aromatic heterocycles. The minimum atomic E-state index is -1.17. The van der Waals surface area contributed by atoms with Gasteiger partial charge in [0, 0.05) is 6.92 Å². The van der Waals surface area contributed by atoms with Gasteiger partial charge in [-0.1, -0.05) is 161 Å². The Balaban J connectivity index is 4.27. The zero-order valence-electron chi connectivity index (χ0n) is 28.2. The maximum atomic E-state index is 12.9. The number of unbranched alkanes of at least 4 members (excludes halogenated alkanes) is 20. The molecule has 0 aromatic carbocycles. The topological polar surface area (TPSA) is 116 Å². The largest absolute Gasteiger partial charge is 0.452 e. The SMILES string of the molecule is CCCCCCCCCCCCCC[C@@H](OC(C)=O)C(=O)N[C@@H](CO)[C@H](O)C=C[C@H](O)CCCCCCCCCCCC. The minimum absolute atomic E-state index is 0.407. The van der Waals surface area contributed by atoms with Gasteiger partial charge in [-0.25, -0.2) is 0 Å². The predicted octanol–water partition coefficient (Wildman–Crippen LogP) is 8.08. The molecule has 0 unspecified atom stereocenters. The van der Waals surface area contributed by atoms with Crippen LogP contribution in [0.1, 0.15) is 175 Å². The van der Waals surface area contributed by atoms with E-state index in [9.17, 15) is 24.9 Å². The van der Waals surface area contributed by atoms with Crippen molar-refractivity contribution >= 4 is 11.9 Å². The van der Waals surface area contributed by atoms with Gasteiger partial charge in [-0.05, 0) is 19.3 Å². The summed E-state index contributed by atoms with van der Waals surface area (Å²) >= 11 is 0. The molecule has 0 saturated carbocycles. The molecule has 0 fully saturated rings. The van der Waals surface area contributed by atoms with E-state index in [1.807, 2.05) is 0 Å². The smallest absolute Gasteiger partial charge is 0.303 e. The Hall–Kier alpha value is -1.44.